The first-order valence-electron chi connectivity index (χ1n) is 10.5. The minimum Gasteiger partial charge on any atom is -0.460 e. The third kappa shape index (κ3) is 11.3. The number of benzene rings is 1. The quantitative estimate of drug-likeness (QED) is 0.106. The number of rotatable bonds is 14. The third-order valence-electron chi connectivity index (χ3n) is 4.53. The van der Waals surface area contributed by atoms with Crippen LogP contribution in [0.5, 0.6) is 0 Å². The Morgan fingerprint density at radius 2 is 2.00 bits per heavy atom. The highest BCUT2D eigenvalue weighted by Gasteiger charge is 2.23. The number of hydrogen-bond acceptors (Lipinski definition) is 8. The van der Waals surface area contributed by atoms with E-state index in [0.29, 0.717) is 25.5 Å². The van der Waals surface area contributed by atoms with Crippen LogP contribution in [0.2, 0.25) is 0 Å². The maximum atomic E-state index is 12.5. The van der Waals surface area contributed by atoms with E-state index < -0.39 is 15.7 Å². The molecular weight excluding hydrogens is 455 g/mol. The maximum absolute atomic E-state index is 12.5. The van der Waals surface area contributed by atoms with Gasteiger partial charge >= 0.3 is 5.97 Å². The van der Waals surface area contributed by atoms with Gasteiger partial charge in [-0.1, -0.05) is 6.07 Å². The Labute approximate surface area is 197 Å². The Kier molecular flexibility index (Phi) is 11.7. The molecule has 1 unspecified atom stereocenters. The average Bonchev–Trinajstić information content (AvgIpc) is 2.65. The number of aryl methyl sites for hydroxylation is 1. The van der Waals surface area contributed by atoms with Crippen LogP contribution < -0.4 is 10.1 Å². The lowest BCUT2D eigenvalue weighted by Crippen LogP contribution is -2.32. The molecule has 0 spiro atoms. The van der Waals surface area contributed by atoms with Gasteiger partial charge in [0, 0.05) is 30.6 Å². The van der Waals surface area contributed by atoms with Crippen LogP contribution in [-0.2, 0) is 28.6 Å². The molecule has 0 amide bonds. The zero-order valence-electron chi connectivity index (χ0n) is 19.5. The van der Waals surface area contributed by atoms with E-state index in [1.165, 1.54) is 0 Å². The second-order valence-corrected chi connectivity index (χ2v) is 10.6. The fourth-order valence-corrected chi connectivity index (χ4v) is 3.81. The number of anilines is 1. The Morgan fingerprint density at radius 1 is 1.31 bits per heavy atom. The molecule has 11 heteroatoms. The highest BCUT2D eigenvalue weighted by molar-refractivity contribution is 7.85. The smallest absolute Gasteiger partial charge is 0.306 e. The molecule has 0 aromatic heterocycles. The van der Waals surface area contributed by atoms with E-state index in [2.05, 4.69) is 5.23 Å². The average molecular weight is 489 g/mol. The third-order valence-corrected chi connectivity index (χ3v) is 5.30. The van der Waals surface area contributed by atoms with Gasteiger partial charge in [-0.3, -0.25) is 8.98 Å². The molecule has 0 aliphatic rings. The topological polar surface area (TPSA) is 102 Å². The Bertz CT molecular complexity index is 860. The predicted molar refractivity (Wildman–Crippen MR) is 130 cm³/mol. The van der Waals surface area contributed by atoms with Crippen LogP contribution in [0.15, 0.2) is 18.2 Å². The van der Waals surface area contributed by atoms with Crippen molar-refractivity contribution in [3.8, 4) is 0 Å². The Hall–Kier alpha value is -1.62. The number of hydrogen-bond donors (Lipinski definition) is 1. The van der Waals surface area contributed by atoms with Crippen molar-refractivity contribution < 1.29 is 26.9 Å². The maximum Gasteiger partial charge on any atom is 0.306 e. The molecule has 0 aliphatic heterocycles. The van der Waals surface area contributed by atoms with Gasteiger partial charge in [0.2, 0.25) is 0 Å². The molecule has 0 heterocycles. The second-order valence-electron chi connectivity index (χ2n) is 8.56. The number of carbonyl (C=O) groups is 2. The van der Waals surface area contributed by atoms with Gasteiger partial charge in [0.05, 0.1) is 25.5 Å². The fraction of sp³-hybridized carbons (Fsp3) is 0.619. The number of alkyl halides is 1. The van der Waals surface area contributed by atoms with Crippen molar-refractivity contribution in [1.29, 1.82) is 0 Å². The normalized spacial score (nSPS) is 12.8. The van der Waals surface area contributed by atoms with E-state index in [-0.39, 0.29) is 32.3 Å². The van der Waals surface area contributed by atoms with Crippen LogP contribution in [0.3, 0.4) is 0 Å². The van der Waals surface area contributed by atoms with Gasteiger partial charge < -0.3 is 19.7 Å². The Balaban J connectivity index is 3.15. The summed E-state index contributed by atoms with van der Waals surface area (Å²) in [5.41, 5.74) is 2.18. The number of nitrogens with zero attached hydrogens (tertiary/aromatic N) is 1. The van der Waals surface area contributed by atoms with E-state index in [9.17, 15) is 18.0 Å². The molecule has 0 aliphatic carbocycles. The molecule has 0 radical (unpaired) electrons. The largest absolute Gasteiger partial charge is 0.460 e. The molecule has 1 N–H and O–H groups in total. The summed E-state index contributed by atoms with van der Waals surface area (Å²) in [6.45, 7) is 8.67. The molecule has 1 rings (SSSR count). The van der Waals surface area contributed by atoms with E-state index in [4.69, 9.17) is 20.5 Å². The molecule has 1 aromatic rings. The van der Waals surface area contributed by atoms with Crippen molar-refractivity contribution in [1.82, 2.24) is 5.23 Å². The van der Waals surface area contributed by atoms with E-state index in [1.54, 1.807) is 0 Å². The molecule has 1 atom stereocenters. The van der Waals surface area contributed by atoms with Gasteiger partial charge in [0.1, 0.15) is 5.60 Å². The van der Waals surface area contributed by atoms with Gasteiger partial charge in [0.25, 0.3) is 17.5 Å². The molecule has 0 saturated heterocycles. The minimum atomic E-state index is -3.53. The number of halogens is 1. The molecule has 0 fully saturated rings. The highest BCUT2D eigenvalue weighted by Crippen LogP contribution is 2.29. The zero-order chi connectivity index (χ0) is 24.4. The van der Waals surface area contributed by atoms with E-state index in [1.807, 2.05) is 50.8 Å². The van der Waals surface area contributed by atoms with Gasteiger partial charge in [-0.2, -0.15) is 8.42 Å². The first kappa shape index (κ1) is 28.4. The predicted octanol–water partition coefficient (Wildman–Crippen LogP) is 1.96. The lowest BCUT2D eigenvalue weighted by molar-refractivity contribution is -0.155. The summed E-state index contributed by atoms with van der Waals surface area (Å²) in [5, 5.41) is 3.06. The standard InChI is InChI=1S/C21H34BClN2O6S/c1-16-6-7-18(25(9-8-23)10-11-30-32(5,28)29)13-19(16)17(14-24-22-15-26)12-20(27)31-21(2,3)4/h6-7,13,15,17,22,24H,8-12,14H2,1-5H3. The van der Waals surface area contributed by atoms with Crippen molar-refractivity contribution in [2.45, 2.75) is 45.6 Å². The van der Waals surface area contributed by atoms with E-state index in [0.717, 1.165) is 29.3 Å². The van der Waals surface area contributed by atoms with E-state index >= 15 is 0 Å². The van der Waals surface area contributed by atoms with Gasteiger partial charge in [-0.25, -0.2) is 0 Å². The van der Waals surface area contributed by atoms with Gasteiger partial charge in [0.15, 0.2) is 0 Å². The van der Waals surface area contributed by atoms with Crippen LogP contribution in [-0.4, -0.2) is 72.0 Å². The number of ether oxygens (including phenoxy) is 1. The molecule has 1 aromatic carbocycles. The molecule has 180 valence electrons. The SMILES string of the molecule is Cc1ccc(N(CCCl)CCOS(C)(=O)=O)cc1C(CNBC=O)CC(=O)OC(C)(C)C. The fourth-order valence-electron chi connectivity index (χ4n) is 3.23. The summed E-state index contributed by atoms with van der Waals surface area (Å²) in [7, 11) is -3.35. The molecule has 0 bridgehead atoms. The summed E-state index contributed by atoms with van der Waals surface area (Å²) in [6, 6.07) is 5.85. The van der Waals surface area contributed by atoms with Crippen LogP contribution >= 0.6 is 11.6 Å². The Morgan fingerprint density at radius 3 is 2.56 bits per heavy atom. The van der Waals surface area contributed by atoms with Crippen molar-refractivity contribution in [2.75, 3.05) is 43.3 Å². The second kappa shape index (κ2) is 13.2. The number of carbonyl (C=O) groups excluding carboxylic acids is 2. The van der Waals surface area contributed by atoms with Crippen molar-refractivity contribution >= 4 is 47.0 Å². The summed E-state index contributed by atoms with van der Waals surface area (Å²) < 4.78 is 32.9. The highest BCUT2D eigenvalue weighted by atomic mass is 35.5. The van der Waals surface area contributed by atoms with Crippen molar-refractivity contribution in [3.05, 3.63) is 29.3 Å². The number of nitrogens with one attached hydrogen (secondary N) is 1. The lowest BCUT2D eigenvalue weighted by Gasteiger charge is -2.27. The van der Waals surface area contributed by atoms with Crippen LogP contribution in [0.1, 0.15) is 44.2 Å². The lowest BCUT2D eigenvalue weighted by atomic mass is 9.88. The molecule has 32 heavy (non-hydrogen) atoms. The summed E-state index contributed by atoms with van der Waals surface area (Å²) >= 11 is 5.96. The molecule has 0 saturated carbocycles. The molecule has 8 nitrogen and oxygen atoms in total. The minimum absolute atomic E-state index is 0.00115. The summed E-state index contributed by atoms with van der Waals surface area (Å²) in [6.07, 6.45) is 1.94. The first-order chi connectivity index (χ1) is 14.9. The summed E-state index contributed by atoms with van der Waals surface area (Å²) in [5.74, 6) is -0.182. The monoisotopic (exact) mass is 488 g/mol. The first-order valence-corrected chi connectivity index (χ1v) is 12.8. The number of esters is 1. The van der Waals surface area contributed by atoms with Crippen LogP contribution in [0, 0.1) is 6.92 Å². The molecular formula is C21H34BClN2O6S. The summed E-state index contributed by atoms with van der Waals surface area (Å²) in [4.78, 5) is 25.2. The van der Waals surface area contributed by atoms with Crippen LogP contribution in [0.25, 0.3) is 0 Å². The van der Waals surface area contributed by atoms with Gasteiger partial charge in [-0.05, 0) is 57.5 Å². The van der Waals surface area contributed by atoms with Crippen LogP contribution in [0.4, 0.5) is 5.69 Å². The van der Waals surface area contributed by atoms with Crippen molar-refractivity contribution in [3.63, 3.8) is 0 Å². The van der Waals surface area contributed by atoms with Gasteiger partial charge in [-0.15, -0.1) is 11.6 Å². The zero-order valence-corrected chi connectivity index (χ0v) is 21.1. The van der Waals surface area contributed by atoms with Crippen molar-refractivity contribution in [2.24, 2.45) is 0 Å².